The molecule has 2 N–H and O–H groups in total. The van der Waals surface area contributed by atoms with Crippen LogP contribution in [-0.4, -0.2) is 23.6 Å². The van der Waals surface area contributed by atoms with E-state index in [1.54, 1.807) is 24.3 Å². The van der Waals surface area contributed by atoms with Gasteiger partial charge >= 0.3 is 5.97 Å². The molecule has 0 atom stereocenters. The van der Waals surface area contributed by atoms with E-state index in [-0.39, 0.29) is 0 Å². The molecule has 0 fully saturated rings. The first-order valence-corrected chi connectivity index (χ1v) is 5.57. The van der Waals surface area contributed by atoms with Crippen LogP contribution in [0.25, 0.3) is 0 Å². The molecule has 1 aromatic carbocycles. The third-order valence-electron chi connectivity index (χ3n) is 2.00. The molecule has 0 spiro atoms. The monoisotopic (exact) mass is 261 g/mol. The first-order valence-electron chi connectivity index (χ1n) is 5.57. The number of benzene rings is 1. The SMILES string of the molecule is C=C(C)COc1ccccc1NC(=O)/C=C/C(=O)O. The molecule has 0 bridgehead atoms. The van der Waals surface area contributed by atoms with Gasteiger partial charge in [0.05, 0.1) is 5.69 Å². The van der Waals surface area contributed by atoms with Gasteiger partial charge in [-0.2, -0.15) is 0 Å². The number of hydrogen-bond donors (Lipinski definition) is 2. The van der Waals surface area contributed by atoms with Gasteiger partial charge < -0.3 is 15.2 Å². The number of aliphatic carboxylic acids is 1. The van der Waals surface area contributed by atoms with Crippen molar-refractivity contribution in [3.8, 4) is 5.75 Å². The number of nitrogens with one attached hydrogen (secondary N) is 1. The molecule has 0 aliphatic heterocycles. The van der Waals surface area contributed by atoms with Crippen LogP contribution in [-0.2, 0) is 9.59 Å². The van der Waals surface area contributed by atoms with Crippen LogP contribution in [0, 0.1) is 0 Å². The molecule has 1 rings (SSSR count). The molecule has 19 heavy (non-hydrogen) atoms. The predicted molar refractivity (Wildman–Crippen MR) is 72.2 cm³/mol. The zero-order valence-corrected chi connectivity index (χ0v) is 10.6. The molecule has 0 radical (unpaired) electrons. The Morgan fingerprint density at radius 2 is 2.05 bits per heavy atom. The number of carbonyl (C=O) groups is 2. The quantitative estimate of drug-likeness (QED) is 0.608. The lowest BCUT2D eigenvalue weighted by atomic mass is 10.3. The summed E-state index contributed by atoms with van der Waals surface area (Å²) in [4.78, 5) is 21.8. The van der Waals surface area contributed by atoms with Crippen LogP contribution in [0.5, 0.6) is 5.75 Å². The van der Waals surface area contributed by atoms with Crippen LogP contribution in [0.1, 0.15) is 6.92 Å². The topological polar surface area (TPSA) is 75.6 Å². The smallest absolute Gasteiger partial charge is 0.328 e. The summed E-state index contributed by atoms with van der Waals surface area (Å²) in [5.74, 6) is -1.21. The van der Waals surface area contributed by atoms with E-state index < -0.39 is 11.9 Å². The molecule has 0 saturated heterocycles. The summed E-state index contributed by atoms with van der Waals surface area (Å²) >= 11 is 0. The molecule has 0 aliphatic carbocycles. The van der Waals surface area contributed by atoms with Crippen molar-refractivity contribution in [2.75, 3.05) is 11.9 Å². The summed E-state index contributed by atoms with van der Waals surface area (Å²) in [7, 11) is 0. The summed E-state index contributed by atoms with van der Waals surface area (Å²) in [6.07, 6.45) is 1.71. The van der Waals surface area contributed by atoms with Crippen molar-refractivity contribution < 1.29 is 19.4 Å². The Morgan fingerprint density at radius 3 is 2.68 bits per heavy atom. The Labute approximate surface area is 111 Å². The van der Waals surface area contributed by atoms with Crippen molar-refractivity contribution in [2.24, 2.45) is 0 Å². The number of amides is 1. The minimum absolute atomic E-state index is 0.345. The van der Waals surface area contributed by atoms with Gasteiger partial charge in [-0.25, -0.2) is 4.79 Å². The molecule has 1 aromatic rings. The van der Waals surface area contributed by atoms with Crippen molar-refractivity contribution in [3.63, 3.8) is 0 Å². The van der Waals surface area contributed by atoms with E-state index in [1.807, 2.05) is 6.92 Å². The maximum absolute atomic E-state index is 11.5. The average molecular weight is 261 g/mol. The molecule has 0 unspecified atom stereocenters. The van der Waals surface area contributed by atoms with Gasteiger partial charge in [-0.05, 0) is 24.6 Å². The molecule has 5 nitrogen and oxygen atoms in total. The highest BCUT2D eigenvalue weighted by atomic mass is 16.5. The average Bonchev–Trinajstić information content (AvgIpc) is 2.35. The normalized spacial score (nSPS) is 10.2. The number of carboxylic acids is 1. The summed E-state index contributed by atoms with van der Waals surface area (Å²) in [5, 5.41) is 11.0. The highest BCUT2D eigenvalue weighted by molar-refractivity contribution is 6.03. The molecule has 1 amide bonds. The fraction of sp³-hybridized carbons (Fsp3) is 0.143. The van der Waals surface area contributed by atoms with Crippen molar-refractivity contribution in [1.29, 1.82) is 0 Å². The van der Waals surface area contributed by atoms with E-state index in [1.165, 1.54) is 0 Å². The number of carbonyl (C=O) groups excluding carboxylic acids is 1. The molecule has 0 aliphatic rings. The van der Waals surface area contributed by atoms with Gasteiger partial charge in [0, 0.05) is 12.2 Å². The second-order valence-electron chi connectivity index (χ2n) is 3.90. The second kappa shape index (κ2) is 7.00. The van der Waals surface area contributed by atoms with Crippen LogP contribution >= 0.6 is 0 Å². The minimum Gasteiger partial charge on any atom is -0.487 e. The number of anilines is 1. The van der Waals surface area contributed by atoms with Gasteiger partial charge in [-0.1, -0.05) is 18.7 Å². The molecule has 0 saturated carbocycles. The zero-order chi connectivity index (χ0) is 14.3. The van der Waals surface area contributed by atoms with Crippen molar-refractivity contribution >= 4 is 17.6 Å². The number of carboxylic acid groups (broad SMARTS) is 1. The molecule has 0 heterocycles. The second-order valence-corrected chi connectivity index (χ2v) is 3.90. The van der Waals surface area contributed by atoms with Gasteiger partial charge in [-0.15, -0.1) is 0 Å². The third kappa shape index (κ3) is 5.54. The van der Waals surface area contributed by atoms with Crippen LogP contribution in [0.4, 0.5) is 5.69 Å². The van der Waals surface area contributed by atoms with E-state index in [9.17, 15) is 9.59 Å². The van der Waals surface area contributed by atoms with Crippen LogP contribution in [0.2, 0.25) is 0 Å². The largest absolute Gasteiger partial charge is 0.487 e. The van der Waals surface area contributed by atoms with Crippen LogP contribution in [0.3, 0.4) is 0 Å². The third-order valence-corrected chi connectivity index (χ3v) is 2.00. The maximum Gasteiger partial charge on any atom is 0.328 e. The summed E-state index contributed by atoms with van der Waals surface area (Å²) in [6, 6.07) is 6.89. The number of para-hydroxylation sites is 2. The van der Waals surface area contributed by atoms with E-state index >= 15 is 0 Å². The van der Waals surface area contributed by atoms with Crippen molar-refractivity contribution in [2.45, 2.75) is 6.92 Å². The predicted octanol–water partition coefficient (Wildman–Crippen LogP) is 2.22. The first-order chi connectivity index (χ1) is 8.99. The summed E-state index contributed by atoms with van der Waals surface area (Å²) in [6.45, 7) is 5.90. The van der Waals surface area contributed by atoms with E-state index in [2.05, 4.69) is 11.9 Å². The van der Waals surface area contributed by atoms with E-state index in [0.717, 1.165) is 17.7 Å². The fourth-order valence-corrected chi connectivity index (χ4v) is 1.22. The number of hydrogen-bond acceptors (Lipinski definition) is 3. The Balaban J connectivity index is 2.74. The van der Waals surface area contributed by atoms with Crippen molar-refractivity contribution in [3.05, 3.63) is 48.6 Å². The van der Waals surface area contributed by atoms with E-state index in [0.29, 0.717) is 18.0 Å². The highest BCUT2D eigenvalue weighted by Gasteiger charge is 2.05. The zero-order valence-electron chi connectivity index (χ0n) is 10.6. The molecule has 5 heteroatoms. The van der Waals surface area contributed by atoms with Gasteiger partial charge in [0.2, 0.25) is 5.91 Å². The van der Waals surface area contributed by atoms with Gasteiger partial charge in [-0.3, -0.25) is 4.79 Å². The minimum atomic E-state index is -1.18. The lowest BCUT2D eigenvalue weighted by Crippen LogP contribution is -2.10. The van der Waals surface area contributed by atoms with Crippen molar-refractivity contribution in [1.82, 2.24) is 0 Å². The Morgan fingerprint density at radius 1 is 1.37 bits per heavy atom. The van der Waals surface area contributed by atoms with Gasteiger partial charge in [0.15, 0.2) is 0 Å². The van der Waals surface area contributed by atoms with Gasteiger partial charge in [0.25, 0.3) is 0 Å². The number of rotatable bonds is 6. The fourth-order valence-electron chi connectivity index (χ4n) is 1.22. The first kappa shape index (κ1) is 14.5. The molecular weight excluding hydrogens is 246 g/mol. The lowest BCUT2D eigenvalue weighted by molar-refractivity contribution is -0.131. The Bertz CT molecular complexity index is 520. The summed E-state index contributed by atoms with van der Waals surface area (Å²) in [5.41, 5.74) is 1.33. The summed E-state index contributed by atoms with van der Waals surface area (Å²) < 4.78 is 5.47. The maximum atomic E-state index is 11.5. The van der Waals surface area contributed by atoms with Crippen LogP contribution in [0.15, 0.2) is 48.6 Å². The Kier molecular flexibility index (Phi) is 5.35. The van der Waals surface area contributed by atoms with E-state index in [4.69, 9.17) is 9.84 Å². The molecular formula is C14H15NO4. The van der Waals surface area contributed by atoms with Crippen LogP contribution < -0.4 is 10.1 Å². The highest BCUT2D eigenvalue weighted by Crippen LogP contribution is 2.24. The molecule has 0 aromatic heterocycles. The lowest BCUT2D eigenvalue weighted by Gasteiger charge is -2.11. The molecule has 100 valence electrons. The standard InChI is InChI=1S/C14H15NO4/c1-10(2)9-19-12-6-4-3-5-11(12)15-13(16)7-8-14(17)18/h3-8H,1,9H2,2H3,(H,15,16)(H,17,18)/b8-7+. The van der Waals surface area contributed by atoms with Gasteiger partial charge in [0.1, 0.15) is 12.4 Å². The Hall–Kier alpha value is -2.56. The number of ether oxygens (including phenoxy) is 1.